The quantitative estimate of drug-likeness (QED) is 0.928. The van der Waals surface area contributed by atoms with E-state index in [0.717, 1.165) is 5.56 Å². The Morgan fingerprint density at radius 2 is 1.90 bits per heavy atom. The molecule has 0 bridgehead atoms. The van der Waals surface area contributed by atoms with Crippen molar-refractivity contribution in [3.63, 3.8) is 0 Å². The van der Waals surface area contributed by atoms with Gasteiger partial charge >= 0.3 is 0 Å². The zero-order chi connectivity index (χ0) is 14.7. The minimum Gasteiger partial charge on any atom is -0.334 e. The van der Waals surface area contributed by atoms with Gasteiger partial charge in [-0.15, -0.1) is 0 Å². The summed E-state index contributed by atoms with van der Waals surface area (Å²) in [4.78, 5) is 24.6. The van der Waals surface area contributed by atoms with Crippen LogP contribution in [-0.2, 0) is 0 Å². The normalized spacial score (nSPS) is 11.9. The van der Waals surface area contributed by atoms with E-state index in [1.807, 2.05) is 6.92 Å². The average molecular weight is 275 g/mol. The zero-order valence-corrected chi connectivity index (χ0v) is 11.1. The van der Waals surface area contributed by atoms with Gasteiger partial charge in [0.05, 0.1) is 6.04 Å². The number of rotatable bonds is 3. The molecule has 1 aromatic carbocycles. The fourth-order valence-electron chi connectivity index (χ4n) is 1.79. The summed E-state index contributed by atoms with van der Waals surface area (Å²) >= 11 is 0. The molecule has 0 saturated heterocycles. The van der Waals surface area contributed by atoms with Crippen molar-refractivity contribution in [1.82, 2.24) is 15.1 Å². The number of amides is 1. The molecule has 2 rings (SSSR count). The molecule has 2 aromatic rings. The molecule has 1 amide bonds. The molecule has 104 valence electrons. The second-order valence-corrected chi connectivity index (χ2v) is 4.45. The third kappa shape index (κ3) is 2.90. The Bertz CT molecular complexity index is 646. The number of nitrogens with one attached hydrogen (secondary N) is 1. The van der Waals surface area contributed by atoms with Gasteiger partial charge in [-0.2, -0.15) is 5.10 Å². The molecular formula is C14H14FN3O2. The summed E-state index contributed by atoms with van der Waals surface area (Å²) in [5.41, 5.74) is 0.600. The summed E-state index contributed by atoms with van der Waals surface area (Å²) in [5.74, 6) is -0.643. The molecule has 6 heteroatoms. The molecule has 1 N–H and O–H groups in total. The first kappa shape index (κ1) is 13.9. The number of hydrogen-bond acceptors (Lipinski definition) is 3. The minimum atomic E-state index is -0.365. The van der Waals surface area contributed by atoms with Crippen LogP contribution in [0.3, 0.4) is 0 Å². The lowest BCUT2D eigenvalue weighted by Crippen LogP contribution is -2.31. The summed E-state index contributed by atoms with van der Waals surface area (Å²) in [7, 11) is 1.63. The van der Waals surface area contributed by atoms with E-state index < -0.39 is 0 Å². The number of carbonyl (C=O) groups excluding carboxylic acids is 1. The SMILES string of the molecule is CC(c1ccc(F)cc1)N(C)C(=O)c1ccc(=O)[nH]n1. The first-order valence-electron chi connectivity index (χ1n) is 6.07. The first-order chi connectivity index (χ1) is 9.49. The molecule has 0 spiro atoms. The highest BCUT2D eigenvalue weighted by atomic mass is 19.1. The van der Waals surface area contributed by atoms with Crippen LogP contribution in [0.15, 0.2) is 41.2 Å². The van der Waals surface area contributed by atoms with Crippen LogP contribution in [0.4, 0.5) is 4.39 Å². The molecule has 5 nitrogen and oxygen atoms in total. The van der Waals surface area contributed by atoms with Crippen molar-refractivity contribution >= 4 is 5.91 Å². The molecule has 0 aliphatic carbocycles. The number of aromatic amines is 1. The van der Waals surface area contributed by atoms with Crippen LogP contribution in [0.5, 0.6) is 0 Å². The average Bonchev–Trinajstić information content (AvgIpc) is 2.46. The largest absolute Gasteiger partial charge is 0.334 e. The van der Waals surface area contributed by atoms with Gasteiger partial charge in [0.15, 0.2) is 0 Å². The summed E-state index contributed by atoms with van der Waals surface area (Å²) in [6.07, 6.45) is 0. The van der Waals surface area contributed by atoms with Crippen LogP contribution in [0.25, 0.3) is 0 Å². The Balaban J connectivity index is 2.19. The monoisotopic (exact) mass is 275 g/mol. The molecular weight excluding hydrogens is 261 g/mol. The minimum absolute atomic E-state index is 0.154. The standard InChI is InChI=1S/C14H14FN3O2/c1-9(10-3-5-11(15)6-4-10)18(2)14(20)12-7-8-13(19)17-16-12/h3-9H,1-2H3,(H,17,19). The molecule has 1 aromatic heterocycles. The van der Waals surface area contributed by atoms with Crippen molar-refractivity contribution < 1.29 is 9.18 Å². The molecule has 0 saturated carbocycles. The van der Waals surface area contributed by atoms with Gasteiger partial charge in [0.25, 0.3) is 11.5 Å². The molecule has 0 aliphatic heterocycles. The van der Waals surface area contributed by atoms with Crippen molar-refractivity contribution in [2.75, 3.05) is 7.05 Å². The van der Waals surface area contributed by atoms with Crippen LogP contribution in [0.2, 0.25) is 0 Å². The second-order valence-electron chi connectivity index (χ2n) is 4.45. The number of hydrogen-bond donors (Lipinski definition) is 1. The highest BCUT2D eigenvalue weighted by Gasteiger charge is 2.20. The lowest BCUT2D eigenvalue weighted by Gasteiger charge is -2.24. The fraction of sp³-hybridized carbons (Fsp3) is 0.214. The van der Waals surface area contributed by atoms with Crippen molar-refractivity contribution in [3.8, 4) is 0 Å². The Labute approximate surface area is 115 Å². The van der Waals surface area contributed by atoms with Crippen molar-refractivity contribution in [3.05, 3.63) is 63.8 Å². The zero-order valence-electron chi connectivity index (χ0n) is 11.1. The third-order valence-corrected chi connectivity index (χ3v) is 3.15. The number of aromatic nitrogens is 2. The highest BCUT2D eigenvalue weighted by molar-refractivity contribution is 5.92. The number of H-pyrrole nitrogens is 1. The lowest BCUT2D eigenvalue weighted by molar-refractivity contribution is 0.0735. The van der Waals surface area contributed by atoms with Crippen LogP contribution in [0.1, 0.15) is 29.0 Å². The maximum Gasteiger partial charge on any atom is 0.274 e. The van der Waals surface area contributed by atoms with Crippen LogP contribution in [0, 0.1) is 5.82 Å². The molecule has 1 unspecified atom stereocenters. The molecule has 0 aliphatic rings. The van der Waals surface area contributed by atoms with Crippen molar-refractivity contribution in [2.24, 2.45) is 0 Å². The number of benzene rings is 1. The molecule has 0 radical (unpaired) electrons. The van der Waals surface area contributed by atoms with E-state index in [1.54, 1.807) is 19.2 Å². The maximum atomic E-state index is 12.9. The van der Waals surface area contributed by atoms with Gasteiger partial charge in [-0.05, 0) is 30.7 Å². The third-order valence-electron chi connectivity index (χ3n) is 3.15. The molecule has 0 fully saturated rings. The van der Waals surface area contributed by atoms with E-state index in [0.29, 0.717) is 0 Å². The summed E-state index contributed by atoms with van der Waals surface area (Å²) in [5, 5.41) is 5.92. The molecule has 1 heterocycles. The van der Waals surface area contributed by atoms with E-state index in [2.05, 4.69) is 10.2 Å². The number of carbonyl (C=O) groups is 1. The lowest BCUT2D eigenvalue weighted by atomic mass is 10.1. The van der Waals surface area contributed by atoms with Gasteiger partial charge in [-0.25, -0.2) is 9.49 Å². The Morgan fingerprint density at radius 3 is 2.45 bits per heavy atom. The summed E-state index contributed by atoms with van der Waals surface area (Å²) < 4.78 is 12.9. The molecule has 20 heavy (non-hydrogen) atoms. The number of nitrogens with zero attached hydrogens (tertiary/aromatic N) is 2. The summed E-state index contributed by atoms with van der Waals surface area (Å²) in [6.45, 7) is 1.83. The Kier molecular flexibility index (Phi) is 3.93. The van der Waals surface area contributed by atoms with Gasteiger partial charge in [-0.3, -0.25) is 9.59 Å². The maximum absolute atomic E-state index is 12.9. The molecule has 1 atom stereocenters. The first-order valence-corrected chi connectivity index (χ1v) is 6.07. The fourth-order valence-corrected chi connectivity index (χ4v) is 1.79. The van der Waals surface area contributed by atoms with Crippen LogP contribution < -0.4 is 5.56 Å². The smallest absolute Gasteiger partial charge is 0.274 e. The predicted octanol–water partition coefficient (Wildman–Crippen LogP) is 1.74. The Hall–Kier alpha value is -2.50. The van der Waals surface area contributed by atoms with Crippen molar-refractivity contribution in [2.45, 2.75) is 13.0 Å². The summed E-state index contributed by atoms with van der Waals surface area (Å²) in [6, 6.07) is 8.33. The Morgan fingerprint density at radius 1 is 1.25 bits per heavy atom. The van der Waals surface area contributed by atoms with E-state index >= 15 is 0 Å². The van der Waals surface area contributed by atoms with E-state index in [1.165, 1.54) is 29.2 Å². The number of halogens is 1. The topological polar surface area (TPSA) is 66.1 Å². The van der Waals surface area contributed by atoms with Gasteiger partial charge in [-0.1, -0.05) is 12.1 Å². The van der Waals surface area contributed by atoms with Crippen molar-refractivity contribution in [1.29, 1.82) is 0 Å². The van der Waals surface area contributed by atoms with Gasteiger partial charge in [0.1, 0.15) is 11.5 Å². The van der Waals surface area contributed by atoms with Crippen LogP contribution in [-0.4, -0.2) is 28.1 Å². The van der Waals surface area contributed by atoms with Gasteiger partial charge in [0.2, 0.25) is 0 Å². The van der Waals surface area contributed by atoms with Gasteiger partial charge in [0, 0.05) is 13.1 Å². The second kappa shape index (κ2) is 5.64. The highest BCUT2D eigenvalue weighted by Crippen LogP contribution is 2.20. The van der Waals surface area contributed by atoms with E-state index in [4.69, 9.17) is 0 Å². The van der Waals surface area contributed by atoms with Gasteiger partial charge < -0.3 is 4.90 Å². The van der Waals surface area contributed by atoms with Crippen LogP contribution >= 0.6 is 0 Å². The van der Waals surface area contributed by atoms with E-state index in [9.17, 15) is 14.0 Å². The predicted molar refractivity (Wildman–Crippen MR) is 71.8 cm³/mol. The van der Waals surface area contributed by atoms with E-state index in [-0.39, 0.29) is 29.0 Å².